The SMILES string of the molecule is CC(=O)OC(C)(C)C(=O)N[C@@H]1C[C@@H](C)N(c2ccccc2)C1=O. The fraction of sp³-hybridized carbons (Fsp3) is 0.471. The predicted molar refractivity (Wildman–Crippen MR) is 85.8 cm³/mol. The number of benzene rings is 1. The van der Waals surface area contributed by atoms with Crippen molar-refractivity contribution in [3.05, 3.63) is 30.3 Å². The zero-order chi connectivity index (χ0) is 17.2. The van der Waals surface area contributed by atoms with Crippen LogP contribution >= 0.6 is 0 Å². The van der Waals surface area contributed by atoms with Gasteiger partial charge in [-0.05, 0) is 39.3 Å². The zero-order valence-electron chi connectivity index (χ0n) is 13.8. The highest BCUT2D eigenvalue weighted by atomic mass is 16.6. The van der Waals surface area contributed by atoms with Crippen LogP contribution in [0.1, 0.15) is 34.1 Å². The molecule has 2 rings (SSSR count). The van der Waals surface area contributed by atoms with E-state index >= 15 is 0 Å². The summed E-state index contributed by atoms with van der Waals surface area (Å²) in [5.41, 5.74) is -0.504. The van der Waals surface area contributed by atoms with Crippen LogP contribution < -0.4 is 10.2 Å². The number of amides is 2. The first-order valence-electron chi connectivity index (χ1n) is 7.61. The van der Waals surface area contributed by atoms with Crippen molar-refractivity contribution in [2.75, 3.05) is 4.90 Å². The molecule has 0 saturated carbocycles. The van der Waals surface area contributed by atoms with Crippen LogP contribution in [0.2, 0.25) is 0 Å². The van der Waals surface area contributed by atoms with Gasteiger partial charge in [0.1, 0.15) is 6.04 Å². The lowest BCUT2D eigenvalue weighted by Gasteiger charge is -2.25. The molecule has 0 aliphatic carbocycles. The summed E-state index contributed by atoms with van der Waals surface area (Å²) in [7, 11) is 0. The summed E-state index contributed by atoms with van der Waals surface area (Å²) in [6.45, 7) is 6.19. The van der Waals surface area contributed by atoms with Gasteiger partial charge in [-0.25, -0.2) is 0 Å². The lowest BCUT2D eigenvalue weighted by molar-refractivity contribution is -0.163. The number of nitrogens with one attached hydrogen (secondary N) is 1. The lowest BCUT2D eigenvalue weighted by Crippen LogP contribution is -2.51. The van der Waals surface area contributed by atoms with Gasteiger partial charge < -0.3 is 15.0 Å². The van der Waals surface area contributed by atoms with Gasteiger partial charge >= 0.3 is 5.97 Å². The second-order valence-corrected chi connectivity index (χ2v) is 6.26. The molecule has 0 radical (unpaired) electrons. The molecule has 23 heavy (non-hydrogen) atoms. The molecule has 1 aliphatic heterocycles. The van der Waals surface area contributed by atoms with Gasteiger partial charge in [0.25, 0.3) is 5.91 Å². The highest BCUT2D eigenvalue weighted by molar-refractivity contribution is 6.02. The molecular formula is C17H22N2O4. The maximum Gasteiger partial charge on any atom is 0.303 e. The molecule has 0 aromatic heterocycles. The molecule has 1 aromatic rings. The second-order valence-electron chi connectivity index (χ2n) is 6.26. The molecule has 0 bridgehead atoms. The quantitative estimate of drug-likeness (QED) is 0.856. The van der Waals surface area contributed by atoms with E-state index in [-0.39, 0.29) is 11.9 Å². The number of carbonyl (C=O) groups is 3. The second kappa shape index (κ2) is 6.40. The van der Waals surface area contributed by atoms with Gasteiger partial charge in [0.15, 0.2) is 5.60 Å². The van der Waals surface area contributed by atoms with Gasteiger partial charge in [-0.1, -0.05) is 18.2 Å². The van der Waals surface area contributed by atoms with Crippen molar-refractivity contribution < 1.29 is 19.1 Å². The highest BCUT2D eigenvalue weighted by Gasteiger charge is 2.41. The molecule has 1 N–H and O–H groups in total. The Morgan fingerprint density at radius 1 is 1.26 bits per heavy atom. The van der Waals surface area contributed by atoms with Crippen LogP contribution in [0.5, 0.6) is 0 Å². The van der Waals surface area contributed by atoms with Crippen LogP contribution in [0.3, 0.4) is 0 Å². The van der Waals surface area contributed by atoms with E-state index in [1.54, 1.807) is 4.90 Å². The predicted octanol–water partition coefficient (Wildman–Crippen LogP) is 1.64. The summed E-state index contributed by atoms with van der Waals surface area (Å²) in [6.07, 6.45) is 0.510. The summed E-state index contributed by atoms with van der Waals surface area (Å²) in [4.78, 5) is 37.7. The van der Waals surface area contributed by atoms with Gasteiger partial charge in [0, 0.05) is 18.7 Å². The van der Waals surface area contributed by atoms with E-state index in [1.807, 2.05) is 37.3 Å². The third kappa shape index (κ3) is 3.70. The molecule has 1 fully saturated rings. The maximum absolute atomic E-state index is 12.6. The molecule has 2 amide bonds. The van der Waals surface area contributed by atoms with Crippen molar-refractivity contribution >= 4 is 23.5 Å². The summed E-state index contributed by atoms with van der Waals surface area (Å²) in [5.74, 6) is -1.17. The van der Waals surface area contributed by atoms with Gasteiger partial charge in [0.2, 0.25) is 5.91 Å². The maximum atomic E-state index is 12.6. The topological polar surface area (TPSA) is 75.7 Å². The monoisotopic (exact) mass is 318 g/mol. The van der Waals surface area contributed by atoms with Crippen LogP contribution in [0.25, 0.3) is 0 Å². The molecule has 1 aliphatic rings. The summed E-state index contributed by atoms with van der Waals surface area (Å²) < 4.78 is 5.01. The van der Waals surface area contributed by atoms with E-state index in [0.717, 1.165) is 5.69 Å². The minimum atomic E-state index is -1.31. The molecule has 1 saturated heterocycles. The number of ether oxygens (including phenoxy) is 1. The van der Waals surface area contributed by atoms with Crippen LogP contribution in [0.4, 0.5) is 5.69 Å². The Bertz CT molecular complexity index is 612. The van der Waals surface area contributed by atoms with Gasteiger partial charge in [-0.3, -0.25) is 14.4 Å². The number of para-hydroxylation sites is 1. The summed E-state index contributed by atoms with van der Waals surface area (Å²) in [6, 6.07) is 8.70. The van der Waals surface area contributed by atoms with Gasteiger partial charge in [-0.2, -0.15) is 0 Å². The first-order valence-corrected chi connectivity index (χ1v) is 7.61. The molecule has 1 heterocycles. The molecule has 6 heteroatoms. The molecule has 0 spiro atoms. The summed E-state index contributed by atoms with van der Waals surface area (Å²) in [5, 5.41) is 2.70. The molecule has 2 atom stereocenters. The van der Waals surface area contributed by atoms with E-state index in [4.69, 9.17) is 4.74 Å². The van der Waals surface area contributed by atoms with Crippen molar-refractivity contribution in [1.82, 2.24) is 5.32 Å². The molecule has 6 nitrogen and oxygen atoms in total. The van der Waals surface area contributed by atoms with Gasteiger partial charge in [0.05, 0.1) is 0 Å². The number of rotatable bonds is 4. The Morgan fingerprint density at radius 2 is 1.87 bits per heavy atom. The fourth-order valence-corrected chi connectivity index (χ4v) is 2.76. The van der Waals surface area contributed by atoms with E-state index < -0.39 is 23.5 Å². The zero-order valence-corrected chi connectivity index (χ0v) is 13.8. The number of nitrogens with zero attached hydrogens (tertiary/aromatic N) is 1. The van der Waals surface area contributed by atoms with Gasteiger partial charge in [-0.15, -0.1) is 0 Å². The van der Waals surface area contributed by atoms with E-state index in [1.165, 1.54) is 20.8 Å². The lowest BCUT2D eigenvalue weighted by atomic mass is 10.1. The largest absolute Gasteiger partial charge is 0.450 e. The van der Waals surface area contributed by atoms with Crippen LogP contribution in [-0.4, -0.2) is 35.5 Å². The van der Waals surface area contributed by atoms with Crippen LogP contribution in [-0.2, 0) is 19.1 Å². The van der Waals surface area contributed by atoms with Crippen molar-refractivity contribution in [2.45, 2.75) is 51.8 Å². The Labute approximate surface area is 135 Å². The van der Waals surface area contributed by atoms with E-state index in [9.17, 15) is 14.4 Å². The third-order valence-corrected chi connectivity index (χ3v) is 3.84. The fourth-order valence-electron chi connectivity index (χ4n) is 2.76. The highest BCUT2D eigenvalue weighted by Crippen LogP contribution is 2.27. The number of hydrogen-bond donors (Lipinski definition) is 1. The average molecular weight is 318 g/mol. The smallest absolute Gasteiger partial charge is 0.303 e. The van der Waals surface area contributed by atoms with Crippen molar-refractivity contribution in [1.29, 1.82) is 0 Å². The number of hydrogen-bond acceptors (Lipinski definition) is 4. The molecule has 0 unspecified atom stereocenters. The minimum absolute atomic E-state index is 0.0213. The number of anilines is 1. The number of carbonyl (C=O) groups excluding carboxylic acids is 3. The van der Waals surface area contributed by atoms with E-state index in [0.29, 0.717) is 6.42 Å². The van der Waals surface area contributed by atoms with Crippen molar-refractivity contribution in [3.63, 3.8) is 0 Å². The Morgan fingerprint density at radius 3 is 2.43 bits per heavy atom. The minimum Gasteiger partial charge on any atom is -0.450 e. The Balaban J connectivity index is 2.10. The standard InChI is InChI=1S/C17H22N2O4/c1-11-10-14(18-16(22)17(3,4)23-12(2)20)15(21)19(11)13-8-6-5-7-9-13/h5-9,11,14H,10H2,1-4H3,(H,18,22)/t11-,14-/m1/s1. The molecule has 1 aromatic carbocycles. The van der Waals surface area contributed by atoms with Crippen LogP contribution in [0, 0.1) is 0 Å². The van der Waals surface area contributed by atoms with Crippen molar-refractivity contribution in [2.24, 2.45) is 0 Å². The van der Waals surface area contributed by atoms with Crippen molar-refractivity contribution in [3.8, 4) is 0 Å². The normalized spacial score (nSPS) is 21.2. The average Bonchev–Trinajstić information content (AvgIpc) is 2.73. The Hall–Kier alpha value is -2.37. The van der Waals surface area contributed by atoms with E-state index in [2.05, 4.69) is 5.32 Å². The third-order valence-electron chi connectivity index (χ3n) is 3.84. The molecular weight excluding hydrogens is 296 g/mol. The summed E-state index contributed by atoms with van der Waals surface area (Å²) >= 11 is 0. The van der Waals surface area contributed by atoms with Crippen LogP contribution in [0.15, 0.2) is 30.3 Å². The Kier molecular flexibility index (Phi) is 4.73. The number of esters is 1. The molecule has 124 valence electrons. The first-order chi connectivity index (χ1) is 10.7. The first kappa shape index (κ1) is 17.0.